The van der Waals surface area contributed by atoms with Crippen LogP contribution in [-0.2, 0) is 16.9 Å². The third-order valence-corrected chi connectivity index (χ3v) is 6.69. The predicted molar refractivity (Wildman–Crippen MR) is 138 cm³/mol. The molecule has 0 radical (unpaired) electrons. The molecule has 4 rings (SSSR count). The van der Waals surface area contributed by atoms with E-state index in [2.05, 4.69) is 16.9 Å². The molecular weight excluding hydrogens is 456 g/mol. The summed E-state index contributed by atoms with van der Waals surface area (Å²) in [5.41, 5.74) is 1.18. The normalized spacial score (nSPS) is 18.9. The lowest BCUT2D eigenvalue weighted by Gasteiger charge is -2.27. The van der Waals surface area contributed by atoms with Gasteiger partial charge >= 0.3 is 0 Å². The number of hydrogen-bond donors (Lipinski definition) is 2. The van der Waals surface area contributed by atoms with Crippen LogP contribution in [0.5, 0.6) is 5.75 Å². The number of fused-ring (bicyclic) bond motifs is 1. The van der Waals surface area contributed by atoms with Gasteiger partial charge in [0.25, 0.3) is 5.91 Å². The van der Waals surface area contributed by atoms with Gasteiger partial charge in [0.1, 0.15) is 5.75 Å². The van der Waals surface area contributed by atoms with Crippen molar-refractivity contribution in [3.8, 4) is 5.75 Å². The van der Waals surface area contributed by atoms with Crippen molar-refractivity contribution in [2.24, 2.45) is 5.92 Å². The van der Waals surface area contributed by atoms with Gasteiger partial charge in [-0.2, -0.15) is 0 Å². The van der Waals surface area contributed by atoms with Gasteiger partial charge in [0.05, 0.1) is 31.0 Å². The number of carbonyl (C=O) groups is 1. The standard InChI is InChI=1S/C28H32N4O4/c1-4-15-32-26-14-13-22(36-3)17-24(26)28(35,27(32)34)20(2)10-8-9-16-31-18-25(29-30-31)23(19-33)21-11-6-5-7-12-21/h4-8,10-14,17-18,20,23,33,35H,1,9,15-16,19H2,2-3H3/b10-8+/t20-,23?,28+/m0/s1. The molecule has 0 saturated carbocycles. The first-order valence-corrected chi connectivity index (χ1v) is 12.0. The molecule has 2 N–H and O–H groups in total. The molecule has 36 heavy (non-hydrogen) atoms. The van der Waals surface area contributed by atoms with E-state index in [0.29, 0.717) is 42.2 Å². The van der Waals surface area contributed by atoms with Gasteiger partial charge in [0, 0.05) is 30.8 Å². The number of rotatable bonds is 11. The largest absolute Gasteiger partial charge is 0.497 e. The zero-order valence-corrected chi connectivity index (χ0v) is 20.6. The highest BCUT2D eigenvalue weighted by molar-refractivity contribution is 6.07. The Kier molecular flexibility index (Phi) is 7.67. The molecule has 3 aromatic rings. The Morgan fingerprint density at radius 3 is 2.69 bits per heavy atom. The molecule has 3 atom stereocenters. The predicted octanol–water partition coefficient (Wildman–Crippen LogP) is 3.41. The first kappa shape index (κ1) is 25.3. The van der Waals surface area contributed by atoms with Gasteiger partial charge < -0.3 is 19.8 Å². The summed E-state index contributed by atoms with van der Waals surface area (Å²) in [6.07, 6.45) is 7.91. The van der Waals surface area contributed by atoms with Crippen LogP contribution in [0.4, 0.5) is 5.69 Å². The Hall–Kier alpha value is -3.75. The van der Waals surface area contributed by atoms with Crippen molar-refractivity contribution in [2.45, 2.75) is 31.4 Å². The number of carbonyl (C=O) groups excluding carboxylic acids is 1. The van der Waals surface area contributed by atoms with Crippen LogP contribution in [0.3, 0.4) is 0 Å². The number of ether oxygens (including phenoxy) is 1. The number of amides is 1. The summed E-state index contributed by atoms with van der Waals surface area (Å²) in [5.74, 6) is -0.502. The zero-order chi connectivity index (χ0) is 25.7. The van der Waals surface area contributed by atoms with Crippen molar-refractivity contribution in [3.63, 3.8) is 0 Å². The van der Waals surface area contributed by atoms with Crippen LogP contribution >= 0.6 is 0 Å². The van der Waals surface area contributed by atoms with Gasteiger partial charge in [-0.3, -0.25) is 9.48 Å². The second kappa shape index (κ2) is 10.9. The minimum atomic E-state index is -1.70. The van der Waals surface area contributed by atoms with Crippen LogP contribution in [-0.4, -0.2) is 51.4 Å². The van der Waals surface area contributed by atoms with Gasteiger partial charge in [0.15, 0.2) is 5.60 Å². The first-order chi connectivity index (χ1) is 17.4. The second-order valence-electron chi connectivity index (χ2n) is 8.91. The molecule has 0 bridgehead atoms. The van der Waals surface area contributed by atoms with Crippen LogP contribution in [0.1, 0.15) is 36.1 Å². The van der Waals surface area contributed by atoms with Crippen LogP contribution in [0, 0.1) is 5.92 Å². The number of aliphatic hydroxyl groups excluding tert-OH is 1. The van der Waals surface area contributed by atoms with Gasteiger partial charge in [0.2, 0.25) is 0 Å². The van der Waals surface area contributed by atoms with Crippen molar-refractivity contribution >= 4 is 11.6 Å². The highest BCUT2D eigenvalue weighted by atomic mass is 16.5. The van der Waals surface area contributed by atoms with Crippen molar-refractivity contribution in [1.82, 2.24) is 15.0 Å². The zero-order valence-electron chi connectivity index (χ0n) is 20.6. The topological polar surface area (TPSA) is 101 Å². The summed E-state index contributed by atoms with van der Waals surface area (Å²) in [6.45, 7) is 6.40. The molecule has 0 saturated heterocycles. The van der Waals surface area contributed by atoms with E-state index in [4.69, 9.17) is 4.74 Å². The lowest BCUT2D eigenvalue weighted by Crippen LogP contribution is -2.44. The fraction of sp³-hybridized carbons (Fsp3) is 0.321. The van der Waals surface area contributed by atoms with E-state index in [0.717, 1.165) is 5.56 Å². The van der Waals surface area contributed by atoms with Gasteiger partial charge in [-0.15, -0.1) is 11.7 Å². The number of aliphatic hydroxyl groups is 2. The Labute approximate surface area is 211 Å². The number of allylic oxidation sites excluding steroid dienone is 1. The lowest BCUT2D eigenvalue weighted by atomic mass is 9.83. The fourth-order valence-electron chi connectivity index (χ4n) is 4.65. The maximum absolute atomic E-state index is 13.3. The fourth-order valence-corrected chi connectivity index (χ4v) is 4.65. The second-order valence-corrected chi connectivity index (χ2v) is 8.91. The molecule has 2 heterocycles. The summed E-state index contributed by atoms with van der Waals surface area (Å²) in [4.78, 5) is 14.8. The molecule has 8 nitrogen and oxygen atoms in total. The van der Waals surface area contributed by atoms with Gasteiger partial charge in [-0.25, -0.2) is 0 Å². The summed E-state index contributed by atoms with van der Waals surface area (Å²) in [6, 6.07) is 15.0. The molecule has 188 valence electrons. The van der Waals surface area contributed by atoms with E-state index in [1.54, 1.807) is 41.0 Å². The summed E-state index contributed by atoms with van der Waals surface area (Å²) in [7, 11) is 1.56. The molecule has 1 aliphatic rings. The summed E-state index contributed by atoms with van der Waals surface area (Å²) in [5, 5.41) is 29.9. The average molecular weight is 489 g/mol. The number of benzene rings is 2. The van der Waals surface area contributed by atoms with Gasteiger partial charge in [-0.1, -0.05) is 60.7 Å². The molecule has 1 unspecified atom stereocenters. The van der Waals surface area contributed by atoms with Crippen molar-refractivity contribution in [3.05, 3.63) is 96.4 Å². The SMILES string of the molecule is C=CCN1C(=O)[C@@](O)([C@@H](C)/C=C/CCn2cc(C(CO)c3ccccc3)nn2)c2cc(OC)ccc21. The Morgan fingerprint density at radius 2 is 2.00 bits per heavy atom. The van der Waals surface area contributed by atoms with E-state index >= 15 is 0 Å². The molecule has 0 fully saturated rings. The minimum absolute atomic E-state index is 0.0537. The molecule has 1 aromatic heterocycles. The number of nitrogens with zero attached hydrogens (tertiary/aromatic N) is 4. The van der Waals surface area contributed by atoms with Gasteiger partial charge in [-0.05, 0) is 30.2 Å². The Balaban J connectivity index is 1.45. The molecule has 0 aliphatic carbocycles. The summed E-state index contributed by atoms with van der Waals surface area (Å²) >= 11 is 0. The third-order valence-electron chi connectivity index (χ3n) is 6.69. The third kappa shape index (κ3) is 4.69. The highest BCUT2D eigenvalue weighted by Gasteiger charge is 2.52. The molecule has 2 aromatic carbocycles. The van der Waals surface area contributed by atoms with E-state index < -0.39 is 11.5 Å². The first-order valence-electron chi connectivity index (χ1n) is 12.0. The van der Waals surface area contributed by atoms with Crippen molar-refractivity contribution in [1.29, 1.82) is 0 Å². The molecule has 8 heteroatoms. The molecule has 1 aliphatic heterocycles. The van der Waals surface area contributed by atoms with Crippen LogP contribution in [0.25, 0.3) is 0 Å². The van der Waals surface area contributed by atoms with E-state index in [1.165, 1.54) is 0 Å². The van der Waals surface area contributed by atoms with Crippen molar-refractivity contribution < 1.29 is 19.7 Å². The quantitative estimate of drug-likeness (QED) is 0.401. The van der Waals surface area contributed by atoms with Crippen LogP contribution in [0.15, 0.2) is 79.5 Å². The minimum Gasteiger partial charge on any atom is -0.497 e. The number of methoxy groups -OCH3 is 1. The molecular formula is C28H32N4O4. The number of anilines is 1. The number of aromatic nitrogens is 3. The smallest absolute Gasteiger partial charge is 0.264 e. The van der Waals surface area contributed by atoms with E-state index in [9.17, 15) is 15.0 Å². The molecule has 1 amide bonds. The molecule has 0 spiro atoms. The van der Waals surface area contributed by atoms with Crippen LogP contribution in [0.2, 0.25) is 0 Å². The highest BCUT2D eigenvalue weighted by Crippen LogP contribution is 2.46. The Bertz CT molecular complexity index is 1240. The average Bonchev–Trinajstić information content (AvgIpc) is 3.45. The van der Waals surface area contributed by atoms with Crippen molar-refractivity contribution in [2.75, 3.05) is 25.2 Å². The summed E-state index contributed by atoms with van der Waals surface area (Å²) < 4.78 is 7.07. The Morgan fingerprint density at radius 1 is 1.22 bits per heavy atom. The number of aryl methyl sites for hydroxylation is 1. The lowest BCUT2D eigenvalue weighted by molar-refractivity contribution is -0.139. The maximum atomic E-state index is 13.3. The van der Waals surface area contributed by atoms with E-state index in [1.807, 2.05) is 55.6 Å². The number of hydrogen-bond acceptors (Lipinski definition) is 6. The maximum Gasteiger partial charge on any atom is 0.264 e. The van der Waals surface area contributed by atoms with E-state index in [-0.39, 0.29) is 18.4 Å². The monoisotopic (exact) mass is 488 g/mol. The van der Waals surface area contributed by atoms with Crippen LogP contribution < -0.4 is 9.64 Å².